The van der Waals surface area contributed by atoms with Gasteiger partial charge in [0.2, 0.25) is 0 Å². The van der Waals surface area contributed by atoms with E-state index in [9.17, 15) is 0 Å². The van der Waals surface area contributed by atoms with Gasteiger partial charge in [0.1, 0.15) is 0 Å². The van der Waals surface area contributed by atoms with Crippen molar-refractivity contribution in [2.24, 2.45) is 17.1 Å². The molecule has 0 heterocycles. The van der Waals surface area contributed by atoms with Gasteiger partial charge >= 0.3 is 0 Å². The lowest BCUT2D eigenvalue weighted by Crippen LogP contribution is -2.32. The van der Waals surface area contributed by atoms with Gasteiger partial charge in [0.05, 0.1) is 0 Å². The molecule has 1 aliphatic carbocycles. The molecular weight excluding hydrogens is 194 g/mol. The van der Waals surface area contributed by atoms with Crippen molar-refractivity contribution >= 4 is 0 Å². The number of benzene rings is 1. The Bertz CT molecular complexity index is 318. The predicted octanol–water partition coefficient (Wildman–Crippen LogP) is 3.56. The highest BCUT2D eigenvalue weighted by atomic mass is 14.7. The Labute approximate surface area is 99.0 Å². The lowest BCUT2D eigenvalue weighted by Gasteiger charge is -2.31. The fourth-order valence-corrected chi connectivity index (χ4v) is 3.15. The molecule has 1 saturated carbocycles. The molecular formula is C15H23N. The quantitative estimate of drug-likeness (QED) is 0.802. The summed E-state index contributed by atoms with van der Waals surface area (Å²) in [5.41, 5.74) is 7.91. The maximum Gasteiger partial charge on any atom is -0.00179 e. The monoisotopic (exact) mass is 217 g/mol. The molecule has 2 atom stereocenters. The first-order valence-electron chi connectivity index (χ1n) is 6.52. The van der Waals surface area contributed by atoms with E-state index in [2.05, 4.69) is 44.2 Å². The minimum absolute atomic E-state index is 0.389. The van der Waals surface area contributed by atoms with E-state index in [4.69, 9.17) is 5.73 Å². The van der Waals surface area contributed by atoms with Crippen LogP contribution in [0.3, 0.4) is 0 Å². The van der Waals surface area contributed by atoms with Gasteiger partial charge in [0.25, 0.3) is 0 Å². The molecule has 1 heteroatoms. The summed E-state index contributed by atoms with van der Waals surface area (Å²) in [6, 6.07) is 10.9. The van der Waals surface area contributed by atoms with E-state index in [1.54, 1.807) is 0 Å². The lowest BCUT2D eigenvalue weighted by atomic mass is 9.76. The maximum atomic E-state index is 6.01. The van der Waals surface area contributed by atoms with E-state index in [1.165, 1.54) is 24.8 Å². The highest BCUT2D eigenvalue weighted by molar-refractivity contribution is 5.27. The molecule has 1 aromatic rings. The Morgan fingerprint density at radius 2 is 1.81 bits per heavy atom. The van der Waals surface area contributed by atoms with Crippen LogP contribution in [0.25, 0.3) is 0 Å². The Morgan fingerprint density at radius 1 is 1.19 bits per heavy atom. The SMILES string of the molecule is CCC(CC)(CN)C1CC1c1ccccc1. The van der Waals surface area contributed by atoms with Crippen LogP contribution in [0.5, 0.6) is 0 Å². The van der Waals surface area contributed by atoms with E-state index in [0.717, 1.165) is 18.4 Å². The van der Waals surface area contributed by atoms with Crippen molar-refractivity contribution < 1.29 is 0 Å². The summed E-state index contributed by atoms with van der Waals surface area (Å²) in [7, 11) is 0. The molecule has 2 rings (SSSR count). The largest absolute Gasteiger partial charge is 0.330 e. The van der Waals surface area contributed by atoms with Crippen LogP contribution < -0.4 is 5.73 Å². The lowest BCUT2D eigenvalue weighted by molar-refractivity contribution is 0.223. The first-order valence-corrected chi connectivity index (χ1v) is 6.52. The van der Waals surface area contributed by atoms with Crippen LogP contribution in [0.4, 0.5) is 0 Å². The van der Waals surface area contributed by atoms with Crippen LogP contribution in [0.2, 0.25) is 0 Å². The Hall–Kier alpha value is -0.820. The van der Waals surface area contributed by atoms with Gasteiger partial charge in [-0.25, -0.2) is 0 Å². The molecule has 0 bridgehead atoms. The van der Waals surface area contributed by atoms with Crippen molar-refractivity contribution in [3.63, 3.8) is 0 Å². The van der Waals surface area contributed by atoms with Gasteiger partial charge < -0.3 is 5.73 Å². The average molecular weight is 217 g/mol. The van der Waals surface area contributed by atoms with E-state index in [1.807, 2.05) is 0 Å². The third-order valence-electron chi connectivity index (χ3n) is 4.62. The van der Waals surface area contributed by atoms with E-state index in [-0.39, 0.29) is 0 Å². The van der Waals surface area contributed by atoms with Crippen LogP contribution in [0, 0.1) is 11.3 Å². The maximum absolute atomic E-state index is 6.01. The molecule has 0 amide bonds. The molecule has 0 spiro atoms. The Balaban J connectivity index is 2.11. The van der Waals surface area contributed by atoms with Crippen LogP contribution in [-0.2, 0) is 0 Å². The molecule has 2 N–H and O–H groups in total. The van der Waals surface area contributed by atoms with Crippen molar-refractivity contribution in [3.05, 3.63) is 35.9 Å². The highest BCUT2D eigenvalue weighted by Crippen LogP contribution is 2.59. The van der Waals surface area contributed by atoms with Crippen molar-refractivity contribution in [2.75, 3.05) is 6.54 Å². The van der Waals surface area contributed by atoms with Gasteiger partial charge in [-0.1, -0.05) is 44.2 Å². The minimum Gasteiger partial charge on any atom is -0.330 e. The van der Waals surface area contributed by atoms with Crippen LogP contribution in [0.1, 0.15) is 44.6 Å². The van der Waals surface area contributed by atoms with Crippen molar-refractivity contribution in [3.8, 4) is 0 Å². The van der Waals surface area contributed by atoms with Crippen LogP contribution in [0.15, 0.2) is 30.3 Å². The zero-order chi connectivity index (χ0) is 11.6. The first-order chi connectivity index (χ1) is 7.77. The summed E-state index contributed by atoms with van der Waals surface area (Å²) in [5, 5.41) is 0. The molecule has 1 aliphatic rings. The third kappa shape index (κ3) is 1.89. The second-order valence-electron chi connectivity index (χ2n) is 5.13. The topological polar surface area (TPSA) is 26.0 Å². The van der Waals surface area contributed by atoms with Crippen molar-refractivity contribution in [1.82, 2.24) is 0 Å². The fourth-order valence-electron chi connectivity index (χ4n) is 3.15. The molecule has 1 fully saturated rings. The molecule has 2 unspecified atom stereocenters. The number of rotatable bonds is 5. The number of nitrogens with two attached hydrogens (primary N) is 1. The molecule has 0 saturated heterocycles. The van der Waals surface area contributed by atoms with Gasteiger partial charge in [-0.3, -0.25) is 0 Å². The third-order valence-corrected chi connectivity index (χ3v) is 4.62. The molecule has 0 aromatic heterocycles. The number of hydrogen-bond donors (Lipinski definition) is 1. The summed E-state index contributed by atoms with van der Waals surface area (Å²) < 4.78 is 0. The minimum atomic E-state index is 0.389. The molecule has 1 nitrogen and oxygen atoms in total. The fraction of sp³-hybridized carbons (Fsp3) is 0.600. The zero-order valence-electron chi connectivity index (χ0n) is 10.4. The van der Waals surface area contributed by atoms with Gasteiger partial charge in [0.15, 0.2) is 0 Å². The smallest absolute Gasteiger partial charge is 0.00179 e. The normalized spacial score (nSPS) is 24.4. The van der Waals surface area contributed by atoms with Gasteiger partial charge in [0, 0.05) is 0 Å². The van der Waals surface area contributed by atoms with Crippen LogP contribution >= 0.6 is 0 Å². The number of hydrogen-bond acceptors (Lipinski definition) is 1. The van der Waals surface area contributed by atoms with E-state index in [0.29, 0.717) is 5.41 Å². The summed E-state index contributed by atoms with van der Waals surface area (Å²) >= 11 is 0. The molecule has 0 radical (unpaired) electrons. The Kier molecular flexibility index (Phi) is 3.34. The van der Waals surface area contributed by atoms with E-state index < -0.39 is 0 Å². The summed E-state index contributed by atoms with van der Waals surface area (Å²) in [6.07, 6.45) is 3.77. The van der Waals surface area contributed by atoms with Gasteiger partial charge in [-0.15, -0.1) is 0 Å². The van der Waals surface area contributed by atoms with Crippen LogP contribution in [-0.4, -0.2) is 6.54 Å². The van der Waals surface area contributed by atoms with Gasteiger partial charge in [-0.2, -0.15) is 0 Å². The van der Waals surface area contributed by atoms with Gasteiger partial charge in [-0.05, 0) is 48.6 Å². The Morgan fingerprint density at radius 3 is 2.31 bits per heavy atom. The summed E-state index contributed by atoms with van der Waals surface area (Å²) in [5.74, 6) is 1.58. The molecule has 0 aliphatic heterocycles. The summed E-state index contributed by atoms with van der Waals surface area (Å²) in [6.45, 7) is 5.42. The molecule has 88 valence electrons. The zero-order valence-corrected chi connectivity index (χ0v) is 10.4. The molecule has 1 aromatic carbocycles. The standard InChI is InChI=1S/C15H23N/c1-3-15(4-2,11-16)14-10-13(14)12-8-6-5-7-9-12/h5-9,13-14H,3-4,10-11,16H2,1-2H3. The first kappa shape index (κ1) is 11.7. The molecule has 16 heavy (non-hydrogen) atoms. The second-order valence-corrected chi connectivity index (χ2v) is 5.13. The average Bonchev–Trinajstić information content (AvgIpc) is 3.14. The summed E-state index contributed by atoms with van der Waals surface area (Å²) in [4.78, 5) is 0. The predicted molar refractivity (Wildman–Crippen MR) is 69.4 cm³/mol. The van der Waals surface area contributed by atoms with E-state index >= 15 is 0 Å². The van der Waals surface area contributed by atoms with Crippen molar-refractivity contribution in [1.29, 1.82) is 0 Å². The van der Waals surface area contributed by atoms with Crippen molar-refractivity contribution in [2.45, 2.75) is 39.0 Å². The highest BCUT2D eigenvalue weighted by Gasteiger charge is 2.50. The second kappa shape index (κ2) is 4.58.